The lowest BCUT2D eigenvalue weighted by Crippen LogP contribution is -2.38. The van der Waals surface area contributed by atoms with E-state index in [-0.39, 0.29) is 34.0 Å². The summed E-state index contributed by atoms with van der Waals surface area (Å²) in [7, 11) is -3.26. The van der Waals surface area contributed by atoms with Crippen LogP contribution < -0.4 is 4.90 Å². The van der Waals surface area contributed by atoms with E-state index in [1.807, 2.05) is 17.5 Å². The van der Waals surface area contributed by atoms with Crippen LogP contribution in [0.4, 0.5) is 14.5 Å². The maximum atomic E-state index is 14.4. The molecule has 2 aromatic rings. The Labute approximate surface area is 163 Å². The highest BCUT2D eigenvalue weighted by molar-refractivity contribution is 8.16. The smallest absolute Gasteiger partial charge is 0.253 e. The minimum Gasteiger partial charge on any atom is -0.313 e. The molecule has 1 aromatic carbocycles. The van der Waals surface area contributed by atoms with Crippen molar-refractivity contribution in [2.24, 2.45) is 4.99 Å². The fourth-order valence-corrected chi connectivity index (χ4v) is 7.85. The summed E-state index contributed by atoms with van der Waals surface area (Å²) in [6.07, 6.45) is 0.120. The molecule has 2 atom stereocenters. The maximum Gasteiger partial charge on any atom is 0.253 e. The van der Waals surface area contributed by atoms with E-state index in [2.05, 4.69) is 4.99 Å². The average molecular weight is 429 g/mol. The van der Waals surface area contributed by atoms with E-state index in [0.29, 0.717) is 0 Å². The number of nitrogens with zero attached hydrogens (tertiary/aromatic N) is 2. The summed E-state index contributed by atoms with van der Waals surface area (Å²) in [6.45, 7) is 0. The first-order valence-electron chi connectivity index (χ1n) is 8.08. The fourth-order valence-electron chi connectivity index (χ4n) is 3.23. The average Bonchev–Trinajstić information content (AvgIpc) is 3.23. The van der Waals surface area contributed by atoms with Gasteiger partial charge in [0, 0.05) is 16.2 Å². The number of halogens is 2. The Morgan fingerprint density at radius 3 is 2.78 bits per heavy atom. The molecule has 142 valence electrons. The Morgan fingerprint density at radius 1 is 1.26 bits per heavy atom. The van der Waals surface area contributed by atoms with Crippen molar-refractivity contribution in [3.05, 3.63) is 52.2 Å². The molecule has 4 rings (SSSR count). The van der Waals surface area contributed by atoms with E-state index in [1.165, 1.54) is 22.3 Å². The maximum absolute atomic E-state index is 14.4. The second kappa shape index (κ2) is 6.99. The van der Waals surface area contributed by atoms with E-state index >= 15 is 0 Å². The van der Waals surface area contributed by atoms with Crippen molar-refractivity contribution >= 4 is 49.7 Å². The second-order valence-corrected chi connectivity index (χ2v) is 10.7. The summed E-state index contributed by atoms with van der Waals surface area (Å²) in [6, 6.07) is 6.21. The number of thiophene rings is 1. The summed E-state index contributed by atoms with van der Waals surface area (Å²) in [5, 5.41) is 1.77. The van der Waals surface area contributed by atoms with Crippen molar-refractivity contribution in [2.45, 2.75) is 17.7 Å². The van der Waals surface area contributed by atoms with Gasteiger partial charge in [-0.2, -0.15) is 4.99 Å². The van der Waals surface area contributed by atoms with Gasteiger partial charge in [0.15, 0.2) is 15.0 Å². The Kier molecular flexibility index (Phi) is 4.81. The predicted molar refractivity (Wildman–Crippen MR) is 103 cm³/mol. The van der Waals surface area contributed by atoms with Gasteiger partial charge < -0.3 is 4.90 Å². The van der Waals surface area contributed by atoms with Crippen LogP contribution in [0, 0.1) is 11.6 Å². The minimum atomic E-state index is -3.26. The predicted octanol–water partition coefficient (Wildman–Crippen LogP) is 2.87. The van der Waals surface area contributed by atoms with E-state index in [9.17, 15) is 22.0 Å². The number of carbonyl (C=O) groups excluding carboxylic acids is 1. The third-order valence-corrected chi connectivity index (χ3v) is 8.45. The largest absolute Gasteiger partial charge is 0.313 e. The Bertz CT molecular complexity index is 1020. The number of aliphatic imine (C=N–C) groups is 1. The highest BCUT2D eigenvalue weighted by Gasteiger charge is 2.50. The van der Waals surface area contributed by atoms with Gasteiger partial charge in [-0.25, -0.2) is 17.2 Å². The monoisotopic (exact) mass is 428 g/mol. The highest BCUT2D eigenvalue weighted by atomic mass is 32.2. The zero-order valence-electron chi connectivity index (χ0n) is 13.8. The zero-order chi connectivity index (χ0) is 19.2. The molecule has 2 aliphatic heterocycles. The molecule has 0 N–H and O–H groups in total. The van der Waals surface area contributed by atoms with Crippen molar-refractivity contribution in [3.8, 4) is 0 Å². The number of carbonyl (C=O) groups is 1. The number of hydrogen-bond acceptors (Lipinski definition) is 5. The molecule has 5 nitrogen and oxygen atoms in total. The second-order valence-electron chi connectivity index (χ2n) is 6.31. The van der Waals surface area contributed by atoms with Crippen molar-refractivity contribution < 1.29 is 22.0 Å². The molecular formula is C17H14F2N2O3S3. The first-order chi connectivity index (χ1) is 12.8. The number of sulfone groups is 1. The molecule has 0 aliphatic carbocycles. The number of thioether (sulfide) groups is 1. The van der Waals surface area contributed by atoms with Gasteiger partial charge in [-0.15, -0.1) is 11.3 Å². The summed E-state index contributed by atoms with van der Waals surface area (Å²) < 4.78 is 51.7. The summed E-state index contributed by atoms with van der Waals surface area (Å²) in [5.41, 5.74) is 0.0242. The van der Waals surface area contributed by atoms with Crippen LogP contribution in [0.2, 0.25) is 0 Å². The minimum absolute atomic E-state index is 0.0242. The molecule has 1 amide bonds. The number of amidine groups is 1. The van der Waals surface area contributed by atoms with Crippen LogP contribution in [-0.4, -0.2) is 42.3 Å². The normalized spacial score (nSPS) is 25.1. The molecule has 3 heterocycles. The van der Waals surface area contributed by atoms with Crippen LogP contribution >= 0.6 is 23.1 Å². The number of fused-ring (bicyclic) bond motifs is 1. The first kappa shape index (κ1) is 18.6. The number of benzene rings is 1. The molecule has 0 spiro atoms. The van der Waals surface area contributed by atoms with Crippen molar-refractivity contribution in [1.29, 1.82) is 0 Å². The van der Waals surface area contributed by atoms with Crippen LogP contribution in [0.25, 0.3) is 0 Å². The Hall–Kier alpha value is -1.78. The van der Waals surface area contributed by atoms with E-state index < -0.39 is 33.4 Å². The summed E-state index contributed by atoms with van der Waals surface area (Å²) in [5.74, 6) is -2.15. The highest BCUT2D eigenvalue weighted by Crippen LogP contribution is 2.41. The van der Waals surface area contributed by atoms with E-state index in [0.717, 1.165) is 28.8 Å². The molecule has 2 fully saturated rings. The summed E-state index contributed by atoms with van der Waals surface area (Å²) in [4.78, 5) is 18.7. The molecule has 1 aromatic heterocycles. The third-order valence-electron chi connectivity index (χ3n) is 4.36. The van der Waals surface area contributed by atoms with E-state index in [4.69, 9.17) is 0 Å². The van der Waals surface area contributed by atoms with Gasteiger partial charge >= 0.3 is 0 Å². The molecule has 0 unspecified atom stereocenters. The molecule has 0 bridgehead atoms. The molecular weight excluding hydrogens is 414 g/mol. The van der Waals surface area contributed by atoms with Gasteiger partial charge in [0.2, 0.25) is 0 Å². The van der Waals surface area contributed by atoms with Gasteiger partial charge in [-0.1, -0.05) is 17.8 Å². The van der Waals surface area contributed by atoms with Crippen LogP contribution in [0.3, 0.4) is 0 Å². The van der Waals surface area contributed by atoms with Gasteiger partial charge in [0.05, 0.1) is 29.7 Å². The molecule has 27 heavy (non-hydrogen) atoms. The van der Waals surface area contributed by atoms with Gasteiger partial charge in [0.1, 0.15) is 11.6 Å². The van der Waals surface area contributed by atoms with Gasteiger partial charge in [-0.3, -0.25) is 4.79 Å². The zero-order valence-corrected chi connectivity index (χ0v) is 16.3. The van der Waals surface area contributed by atoms with Gasteiger partial charge in [-0.05, 0) is 23.6 Å². The van der Waals surface area contributed by atoms with Crippen molar-refractivity contribution in [3.63, 3.8) is 0 Å². The third kappa shape index (κ3) is 3.78. The van der Waals surface area contributed by atoms with Crippen molar-refractivity contribution in [1.82, 2.24) is 0 Å². The van der Waals surface area contributed by atoms with Crippen LogP contribution in [-0.2, 0) is 21.1 Å². The Morgan fingerprint density at radius 2 is 2.07 bits per heavy atom. The number of anilines is 1. The van der Waals surface area contributed by atoms with Crippen LogP contribution in [0.5, 0.6) is 0 Å². The lowest BCUT2D eigenvalue weighted by atomic mass is 10.2. The molecule has 2 aliphatic rings. The Balaban J connectivity index is 1.69. The van der Waals surface area contributed by atoms with Crippen LogP contribution in [0.1, 0.15) is 4.88 Å². The SMILES string of the molecule is O=C(Cc1cccs1)N=C1S[C@@H]2CS(=O)(=O)C[C@@H]2N1c1ccc(F)cc1F. The molecule has 2 saturated heterocycles. The quantitative estimate of drug-likeness (QED) is 0.752. The molecule has 0 saturated carbocycles. The van der Waals surface area contributed by atoms with Gasteiger partial charge in [0.25, 0.3) is 5.91 Å². The first-order valence-corrected chi connectivity index (χ1v) is 11.7. The number of amides is 1. The molecule has 10 heteroatoms. The number of hydrogen-bond donors (Lipinski definition) is 0. The van der Waals surface area contributed by atoms with E-state index in [1.54, 1.807) is 0 Å². The van der Waals surface area contributed by atoms with Crippen LogP contribution in [0.15, 0.2) is 40.7 Å². The standard InChI is InChI=1S/C17H14F2N2O3S3/c18-10-3-4-13(12(19)6-10)21-14-8-27(23,24)9-15(14)26-17(21)20-16(22)7-11-2-1-5-25-11/h1-6,14-15H,7-9H2/t14-,15+/m0/s1. The fraction of sp³-hybridized carbons (Fsp3) is 0.294. The van der Waals surface area contributed by atoms with Crippen molar-refractivity contribution in [2.75, 3.05) is 16.4 Å². The molecule has 0 radical (unpaired) electrons. The number of rotatable bonds is 3. The summed E-state index contributed by atoms with van der Waals surface area (Å²) >= 11 is 2.59. The lowest BCUT2D eigenvalue weighted by molar-refractivity contribution is -0.117. The topological polar surface area (TPSA) is 66.8 Å². The lowest BCUT2D eigenvalue weighted by Gasteiger charge is -2.24.